The molecule has 3 N–H and O–H groups in total. The third-order valence-corrected chi connectivity index (χ3v) is 3.78. The van der Waals surface area contributed by atoms with Gasteiger partial charge in [-0.2, -0.15) is 0 Å². The van der Waals surface area contributed by atoms with E-state index in [-0.39, 0.29) is 0 Å². The van der Waals surface area contributed by atoms with Crippen molar-refractivity contribution in [2.45, 2.75) is 32.7 Å². The van der Waals surface area contributed by atoms with Crippen molar-refractivity contribution in [3.05, 3.63) is 22.2 Å². The van der Waals surface area contributed by atoms with Gasteiger partial charge in [0.2, 0.25) is 0 Å². The van der Waals surface area contributed by atoms with Gasteiger partial charge in [0.05, 0.1) is 15.7 Å². The molecule has 3 nitrogen and oxygen atoms in total. The van der Waals surface area contributed by atoms with Crippen molar-refractivity contribution in [1.29, 1.82) is 0 Å². The first-order valence-corrected chi connectivity index (χ1v) is 7.36. The normalized spacial score (nSPS) is 11.3. The number of halogens is 2. The van der Waals surface area contributed by atoms with Crippen LogP contribution in [0.15, 0.2) is 12.1 Å². The van der Waals surface area contributed by atoms with Gasteiger partial charge in [-0.15, -0.1) is 0 Å². The van der Waals surface area contributed by atoms with Crippen LogP contribution in [0.3, 0.4) is 0 Å². The molecule has 0 bridgehead atoms. The first kappa shape index (κ1) is 16.4. The third-order valence-electron chi connectivity index (χ3n) is 3.19. The molecule has 0 unspecified atom stereocenters. The molecule has 0 aliphatic rings. The maximum Gasteiger partial charge on any atom is 0.0720 e. The summed E-state index contributed by atoms with van der Waals surface area (Å²) in [7, 11) is 2.14. The Bertz CT molecular complexity index is 385. The lowest BCUT2D eigenvalue weighted by Crippen LogP contribution is -2.27. The molecular weight excluding hydrogens is 281 g/mol. The van der Waals surface area contributed by atoms with Crippen LogP contribution in [-0.4, -0.2) is 31.1 Å². The van der Waals surface area contributed by atoms with Crippen molar-refractivity contribution in [1.82, 2.24) is 4.90 Å². The highest BCUT2D eigenvalue weighted by Crippen LogP contribution is 2.32. The van der Waals surface area contributed by atoms with Crippen molar-refractivity contribution in [2.24, 2.45) is 0 Å². The number of unbranched alkanes of at least 4 members (excludes halogenated alkanes) is 1. The number of benzene rings is 1. The number of nitrogens with one attached hydrogen (secondary N) is 1. The molecule has 5 heteroatoms. The SMILES string of the molecule is CC(C)N(C)CCCCNc1c(Cl)cc(N)cc1Cl. The highest BCUT2D eigenvalue weighted by Gasteiger charge is 2.07. The second-order valence-electron chi connectivity index (χ2n) is 5.07. The second-order valence-corrected chi connectivity index (χ2v) is 5.88. The Morgan fingerprint density at radius 2 is 1.79 bits per heavy atom. The van der Waals surface area contributed by atoms with Gasteiger partial charge in [0.1, 0.15) is 0 Å². The number of nitrogen functional groups attached to an aromatic ring is 1. The van der Waals surface area contributed by atoms with Gasteiger partial charge >= 0.3 is 0 Å². The summed E-state index contributed by atoms with van der Waals surface area (Å²) in [6, 6.07) is 4.01. The van der Waals surface area contributed by atoms with E-state index in [1.807, 2.05) is 0 Å². The van der Waals surface area contributed by atoms with Crippen LogP contribution in [0.1, 0.15) is 26.7 Å². The van der Waals surface area contributed by atoms with E-state index in [2.05, 4.69) is 31.1 Å². The van der Waals surface area contributed by atoms with E-state index >= 15 is 0 Å². The van der Waals surface area contributed by atoms with E-state index in [1.165, 1.54) is 0 Å². The Kier molecular flexibility index (Phi) is 6.76. The van der Waals surface area contributed by atoms with Crippen LogP contribution in [-0.2, 0) is 0 Å². The van der Waals surface area contributed by atoms with Gasteiger partial charge in [-0.05, 0) is 52.4 Å². The molecule has 0 fully saturated rings. The predicted octanol–water partition coefficient (Wildman–Crippen LogP) is 4.11. The van der Waals surface area contributed by atoms with Crippen molar-refractivity contribution in [2.75, 3.05) is 31.2 Å². The minimum Gasteiger partial charge on any atom is -0.399 e. The standard InChI is InChI=1S/C14H23Cl2N3/c1-10(2)19(3)7-5-4-6-18-14-12(15)8-11(17)9-13(14)16/h8-10,18H,4-7,17H2,1-3H3. The zero-order valence-electron chi connectivity index (χ0n) is 11.8. The number of nitrogens with zero attached hydrogens (tertiary/aromatic N) is 1. The maximum atomic E-state index is 6.10. The smallest absolute Gasteiger partial charge is 0.0720 e. The van der Waals surface area contributed by atoms with E-state index in [9.17, 15) is 0 Å². The molecule has 0 aliphatic heterocycles. The lowest BCUT2D eigenvalue weighted by Gasteiger charge is -2.20. The fraction of sp³-hybridized carbons (Fsp3) is 0.571. The fourth-order valence-electron chi connectivity index (χ4n) is 1.72. The monoisotopic (exact) mass is 303 g/mol. The Balaban J connectivity index is 2.34. The molecule has 0 spiro atoms. The fourth-order valence-corrected chi connectivity index (χ4v) is 2.36. The molecule has 1 aromatic carbocycles. The van der Waals surface area contributed by atoms with Crippen LogP contribution < -0.4 is 11.1 Å². The van der Waals surface area contributed by atoms with Gasteiger partial charge in [-0.1, -0.05) is 23.2 Å². The molecule has 108 valence electrons. The van der Waals surface area contributed by atoms with Gasteiger partial charge < -0.3 is 16.0 Å². The summed E-state index contributed by atoms with van der Waals surface area (Å²) >= 11 is 12.2. The molecule has 1 rings (SSSR count). The zero-order chi connectivity index (χ0) is 14.4. The first-order valence-electron chi connectivity index (χ1n) is 6.60. The molecule has 19 heavy (non-hydrogen) atoms. The average Bonchev–Trinajstić information content (AvgIpc) is 2.30. The molecule has 0 aliphatic carbocycles. The second kappa shape index (κ2) is 7.83. The highest BCUT2D eigenvalue weighted by atomic mass is 35.5. The largest absolute Gasteiger partial charge is 0.399 e. The molecule has 1 aromatic rings. The third kappa shape index (κ3) is 5.47. The molecule has 0 amide bonds. The Hall–Kier alpha value is -0.640. The molecule has 0 saturated carbocycles. The lowest BCUT2D eigenvalue weighted by molar-refractivity contribution is 0.269. The maximum absolute atomic E-state index is 6.10. The van der Waals surface area contributed by atoms with Crippen molar-refractivity contribution in [3.63, 3.8) is 0 Å². The molecule has 0 radical (unpaired) electrons. The van der Waals surface area contributed by atoms with Crippen LogP contribution in [0, 0.1) is 0 Å². The number of hydrogen-bond acceptors (Lipinski definition) is 3. The average molecular weight is 304 g/mol. The Morgan fingerprint density at radius 1 is 1.21 bits per heavy atom. The summed E-state index contributed by atoms with van der Waals surface area (Å²) in [6.45, 7) is 6.36. The van der Waals surface area contributed by atoms with Crippen LogP contribution in [0.5, 0.6) is 0 Å². The van der Waals surface area contributed by atoms with Crippen LogP contribution in [0.4, 0.5) is 11.4 Å². The van der Waals surface area contributed by atoms with Crippen molar-refractivity contribution < 1.29 is 0 Å². The van der Waals surface area contributed by atoms with Crippen molar-refractivity contribution >= 4 is 34.6 Å². The lowest BCUT2D eigenvalue weighted by atomic mass is 10.2. The first-order chi connectivity index (χ1) is 8.91. The summed E-state index contributed by atoms with van der Waals surface area (Å²) in [5.74, 6) is 0. The van der Waals surface area contributed by atoms with E-state index in [0.717, 1.165) is 31.6 Å². The number of hydrogen-bond donors (Lipinski definition) is 2. The predicted molar refractivity (Wildman–Crippen MR) is 86.4 cm³/mol. The number of anilines is 2. The molecular formula is C14H23Cl2N3. The van der Waals surface area contributed by atoms with Crippen LogP contribution in [0.2, 0.25) is 10.0 Å². The van der Waals surface area contributed by atoms with Gasteiger partial charge in [-0.25, -0.2) is 0 Å². The van der Waals surface area contributed by atoms with Gasteiger partial charge in [0, 0.05) is 18.3 Å². The Labute approximate surface area is 126 Å². The topological polar surface area (TPSA) is 41.3 Å². The van der Waals surface area contributed by atoms with Crippen molar-refractivity contribution in [3.8, 4) is 0 Å². The highest BCUT2D eigenvalue weighted by molar-refractivity contribution is 6.39. The summed E-state index contributed by atoms with van der Waals surface area (Å²) in [4.78, 5) is 2.34. The van der Waals surface area contributed by atoms with E-state index in [1.54, 1.807) is 12.1 Å². The van der Waals surface area contributed by atoms with Gasteiger partial charge in [0.25, 0.3) is 0 Å². The van der Waals surface area contributed by atoms with Gasteiger partial charge in [0.15, 0.2) is 0 Å². The summed E-state index contributed by atoms with van der Waals surface area (Å²) in [5, 5.41) is 4.42. The minimum atomic E-state index is 0.573. The summed E-state index contributed by atoms with van der Waals surface area (Å²) in [5.41, 5.74) is 7.02. The summed E-state index contributed by atoms with van der Waals surface area (Å²) in [6.07, 6.45) is 2.22. The van der Waals surface area contributed by atoms with Crippen LogP contribution >= 0.6 is 23.2 Å². The zero-order valence-corrected chi connectivity index (χ0v) is 13.4. The molecule has 0 atom stereocenters. The molecule has 0 saturated heterocycles. The quantitative estimate of drug-likeness (QED) is 0.588. The van der Waals surface area contributed by atoms with Gasteiger partial charge in [-0.3, -0.25) is 0 Å². The summed E-state index contributed by atoms with van der Waals surface area (Å²) < 4.78 is 0. The Morgan fingerprint density at radius 3 is 2.32 bits per heavy atom. The van der Waals surface area contributed by atoms with E-state index < -0.39 is 0 Å². The van der Waals surface area contributed by atoms with Crippen LogP contribution in [0.25, 0.3) is 0 Å². The van der Waals surface area contributed by atoms with E-state index in [4.69, 9.17) is 28.9 Å². The number of rotatable bonds is 7. The minimum absolute atomic E-state index is 0.573. The number of nitrogens with two attached hydrogens (primary N) is 1. The van der Waals surface area contributed by atoms with E-state index in [0.29, 0.717) is 21.8 Å². The molecule has 0 aromatic heterocycles. The molecule has 0 heterocycles.